The lowest BCUT2D eigenvalue weighted by Crippen LogP contribution is -2.33. The molecule has 1 aromatic carbocycles. The molecule has 1 aliphatic rings. The molecule has 0 bridgehead atoms. The molecule has 0 radical (unpaired) electrons. The molecule has 0 unspecified atom stereocenters. The molecule has 22 heavy (non-hydrogen) atoms. The van der Waals surface area contributed by atoms with Gasteiger partial charge in [0.2, 0.25) is 0 Å². The molecule has 3 aromatic rings. The van der Waals surface area contributed by atoms with Gasteiger partial charge in [-0.1, -0.05) is 0 Å². The zero-order valence-corrected chi connectivity index (χ0v) is 12.2. The second-order valence-corrected chi connectivity index (χ2v) is 5.76. The molecule has 112 valence electrons. The number of nitrogens with one attached hydrogen (secondary N) is 1. The lowest BCUT2D eigenvalue weighted by molar-refractivity contribution is 0.504. The first kappa shape index (κ1) is 13.2. The van der Waals surface area contributed by atoms with Gasteiger partial charge in [-0.15, -0.1) is 0 Å². The van der Waals surface area contributed by atoms with E-state index < -0.39 is 0 Å². The Labute approximate surface area is 128 Å². The molecule has 5 heteroatoms. The Morgan fingerprint density at radius 1 is 1.18 bits per heavy atom. The Balaban J connectivity index is 1.53. The molecular formula is C17H17FN4. The lowest BCUT2D eigenvalue weighted by Gasteiger charge is -2.32. The van der Waals surface area contributed by atoms with Crippen molar-refractivity contribution in [3.8, 4) is 0 Å². The van der Waals surface area contributed by atoms with E-state index in [2.05, 4.69) is 19.9 Å². The highest BCUT2D eigenvalue weighted by Gasteiger charge is 2.23. The van der Waals surface area contributed by atoms with Crippen LogP contribution >= 0.6 is 0 Å². The molecule has 1 fully saturated rings. The molecule has 4 nitrogen and oxygen atoms in total. The van der Waals surface area contributed by atoms with Crippen molar-refractivity contribution in [1.82, 2.24) is 15.0 Å². The second kappa shape index (κ2) is 5.40. The number of aromatic amines is 1. The van der Waals surface area contributed by atoms with Gasteiger partial charge in [0.25, 0.3) is 0 Å². The van der Waals surface area contributed by atoms with E-state index in [9.17, 15) is 4.39 Å². The van der Waals surface area contributed by atoms with E-state index >= 15 is 0 Å². The number of hydrogen-bond acceptors (Lipinski definition) is 3. The number of anilines is 1. The quantitative estimate of drug-likeness (QED) is 0.787. The number of H-pyrrole nitrogens is 1. The summed E-state index contributed by atoms with van der Waals surface area (Å²) < 4.78 is 13.3. The van der Waals surface area contributed by atoms with E-state index in [0.29, 0.717) is 5.92 Å². The summed E-state index contributed by atoms with van der Waals surface area (Å²) in [4.78, 5) is 14.0. The fraction of sp³-hybridized carbons (Fsp3) is 0.294. The monoisotopic (exact) mass is 296 g/mol. The predicted molar refractivity (Wildman–Crippen MR) is 84.5 cm³/mol. The zero-order chi connectivity index (χ0) is 14.9. The van der Waals surface area contributed by atoms with Gasteiger partial charge in [-0.25, -0.2) is 9.37 Å². The Bertz CT molecular complexity index is 776. The SMILES string of the molecule is Fc1ccc2c(C3CCN(c4cnccn4)CC3)c[nH]c2c1. The van der Waals surface area contributed by atoms with E-state index in [0.717, 1.165) is 42.7 Å². The highest BCUT2D eigenvalue weighted by atomic mass is 19.1. The van der Waals surface area contributed by atoms with Crippen molar-refractivity contribution < 1.29 is 4.39 Å². The van der Waals surface area contributed by atoms with Crippen LogP contribution in [0.3, 0.4) is 0 Å². The van der Waals surface area contributed by atoms with Gasteiger partial charge in [0.05, 0.1) is 6.20 Å². The summed E-state index contributed by atoms with van der Waals surface area (Å²) in [6.45, 7) is 1.94. The van der Waals surface area contributed by atoms with Gasteiger partial charge in [-0.05, 0) is 42.5 Å². The molecule has 0 aliphatic carbocycles. The Kier molecular flexibility index (Phi) is 3.25. The largest absolute Gasteiger partial charge is 0.361 e. The minimum atomic E-state index is -0.196. The van der Waals surface area contributed by atoms with E-state index in [4.69, 9.17) is 0 Å². The maximum Gasteiger partial charge on any atom is 0.147 e. The molecule has 0 amide bonds. The molecule has 1 aliphatic heterocycles. The Morgan fingerprint density at radius 3 is 2.82 bits per heavy atom. The van der Waals surface area contributed by atoms with Crippen molar-refractivity contribution in [2.24, 2.45) is 0 Å². The van der Waals surface area contributed by atoms with E-state index in [1.807, 2.05) is 18.5 Å². The standard InChI is InChI=1S/C17H17FN4/c18-13-1-2-14-15(10-21-16(14)9-13)12-3-7-22(8-4-12)17-11-19-5-6-20-17/h1-2,5-6,9-12,21H,3-4,7-8H2. The van der Waals surface area contributed by atoms with Crippen LogP contribution in [0.1, 0.15) is 24.3 Å². The highest BCUT2D eigenvalue weighted by molar-refractivity contribution is 5.83. The normalized spacial score (nSPS) is 16.3. The average Bonchev–Trinajstić information content (AvgIpc) is 2.99. The van der Waals surface area contributed by atoms with Gasteiger partial charge >= 0.3 is 0 Å². The molecule has 0 spiro atoms. The van der Waals surface area contributed by atoms with Gasteiger partial charge in [-0.2, -0.15) is 0 Å². The molecular weight excluding hydrogens is 279 g/mol. The molecule has 3 heterocycles. The van der Waals surface area contributed by atoms with Gasteiger partial charge in [-0.3, -0.25) is 4.98 Å². The maximum atomic E-state index is 13.3. The first-order chi connectivity index (χ1) is 10.8. The molecule has 1 saturated heterocycles. The number of benzene rings is 1. The lowest BCUT2D eigenvalue weighted by atomic mass is 9.89. The minimum absolute atomic E-state index is 0.196. The van der Waals surface area contributed by atoms with E-state index in [1.165, 1.54) is 11.6 Å². The van der Waals surface area contributed by atoms with Crippen molar-refractivity contribution in [3.63, 3.8) is 0 Å². The first-order valence-corrected chi connectivity index (χ1v) is 7.59. The van der Waals surface area contributed by atoms with Crippen molar-refractivity contribution in [2.45, 2.75) is 18.8 Å². The molecule has 2 aromatic heterocycles. The topological polar surface area (TPSA) is 44.8 Å². The summed E-state index contributed by atoms with van der Waals surface area (Å²) in [5.74, 6) is 1.26. The number of rotatable bonds is 2. The smallest absolute Gasteiger partial charge is 0.147 e. The third kappa shape index (κ3) is 2.32. The first-order valence-electron chi connectivity index (χ1n) is 7.59. The van der Waals surface area contributed by atoms with Crippen LogP contribution in [0.5, 0.6) is 0 Å². The zero-order valence-electron chi connectivity index (χ0n) is 12.2. The summed E-state index contributed by atoms with van der Waals surface area (Å²) in [7, 11) is 0. The van der Waals surface area contributed by atoms with E-state index in [1.54, 1.807) is 18.5 Å². The Hall–Kier alpha value is -2.43. The summed E-state index contributed by atoms with van der Waals surface area (Å²) in [5.41, 5.74) is 2.18. The molecule has 0 atom stereocenters. The van der Waals surface area contributed by atoms with Gasteiger partial charge in [0.15, 0.2) is 0 Å². The summed E-state index contributed by atoms with van der Waals surface area (Å²) in [6, 6.07) is 4.98. The number of hydrogen-bond donors (Lipinski definition) is 1. The predicted octanol–water partition coefficient (Wildman–Crippen LogP) is 3.48. The van der Waals surface area contributed by atoms with Crippen molar-refractivity contribution in [1.29, 1.82) is 0 Å². The number of fused-ring (bicyclic) bond motifs is 1. The van der Waals surface area contributed by atoms with Crippen molar-refractivity contribution >= 4 is 16.7 Å². The number of aromatic nitrogens is 3. The fourth-order valence-electron chi connectivity index (χ4n) is 3.33. The van der Waals surface area contributed by atoms with Crippen LogP contribution in [0.4, 0.5) is 10.2 Å². The fourth-order valence-corrected chi connectivity index (χ4v) is 3.33. The van der Waals surface area contributed by atoms with E-state index in [-0.39, 0.29) is 5.82 Å². The second-order valence-electron chi connectivity index (χ2n) is 5.76. The van der Waals surface area contributed by atoms with Crippen LogP contribution < -0.4 is 4.90 Å². The van der Waals surface area contributed by atoms with Crippen LogP contribution in [0.2, 0.25) is 0 Å². The Morgan fingerprint density at radius 2 is 2.05 bits per heavy atom. The van der Waals surface area contributed by atoms with Crippen LogP contribution in [-0.4, -0.2) is 28.0 Å². The molecule has 1 N–H and O–H groups in total. The molecule has 0 saturated carbocycles. The van der Waals surface area contributed by atoms with Crippen LogP contribution in [-0.2, 0) is 0 Å². The summed E-state index contributed by atoms with van der Waals surface area (Å²) >= 11 is 0. The summed E-state index contributed by atoms with van der Waals surface area (Å²) in [6.07, 6.45) is 9.42. The van der Waals surface area contributed by atoms with Crippen LogP contribution in [0, 0.1) is 5.82 Å². The number of nitrogens with zero attached hydrogens (tertiary/aromatic N) is 3. The highest BCUT2D eigenvalue weighted by Crippen LogP contribution is 2.34. The van der Waals surface area contributed by atoms with Crippen LogP contribution in [0.25, 0.3) is 10.9 Å². The van der Waals surface area contributed by atoms with Crippen molar-refractivity contribution in [2.75, 3.05) is 18.0 Å². The number of piperidine rings is 1. The minimum Gasteiger partial charge on any atom is -0.361 e. The number of halogens is 1. The molecule has 4 rings (SSSR count). The average molecular weight is 296 g/mol. The van der Waals surface area contributed by atoms with Crippen LogP contribution in [0.15, 0.2) is 43.0 Å². The van der Waals surface area contributed by atoms with Gasteiger partial charge < -0.3 is 9.88 Å². The van der Waals surface area contributed by atoms with Gasteiger partial charge in [0.1, 0.15) is 11.6 Å². The summed E-state index contributed by atoms with van der Waals surface area (Å²) in [5, 5.41) is 1.14. The third-order valence-corrected chi connectivity index (χ3v) is 4.48. The van der Waals surface area contributed by atoms with Gasteiger partial charge in [0, 0.05) is 42.6 Å². The maximum absolute atomic E-state index is 13.3. The van der Waals surface area contributed by atoms with Crippen molar-refractivity contribution in [3.05, 3.63) is 54.4 Å². The third-order valence-electron chi connectivity index (χ3n) is 4.48.